The van der Waals surface area contributed by atoms with Gasteiger partial charge in [0.2, 0.25) is 5.91 Å². The number of aryl methyl sites for hydroxylation is 1. The van der Waals surface area contributed by atoms with E-state index in [9.17, 15) is 4.79 Å². The summed E-state index contributed by atoms with van der Waals surface area (Å²) < 4.78 is 0. The van der Waals surface area contributed by atoms with Gasteiger partial charge >= 0.3 is 0 Å². The lowest BCUT2D eigenvalue weighted by atomic mass is 10.1. The minimum Gasteiger partial charge on any atom is -0.369 e. The van der Waals surface area contributed by atoms with E-state index in [1.54, 1.807) is 11.8 Å². The average molecular weight is 286 g/mol. The molecule has 2 aromatic rings. The summed E-state index contributed by atoms with van der Waals surface area (Å²) in [6.07, 6.45) is 0.795. The topological polar surface area (TPSA) is 56.0 Å². The number of nitrogens with two attached hydrogens (primary N) is 1. The molecule has 0 aliphatic heterocycles. The highest BCUT2D eigenvalue weighted by Crippen LogP contribution is 2.31. The highest BCUT2D eigenvalue weighted by molar-refractivity contribution is 8.00. The van der Waals surface area contributed by atoms with Gasteiger partial charge in [0.05, 0.1) is 5.75 Å². The molecule has 1 aromatic carbocycles. The van der Waals surface area contributed by atoms with Gasteiger partial charge in [-0.15, -0.1) is 11.8 Å². The van der Waals surface area contributed by atoms with Crippen LogP contribution in [-0.4, -0.2) is 16.6 Å². The Bertz CT molecular complexity index is 572. The van der Waals surface area contributed by atoms with Crippen molar-refractivity contribution < 1.29 is 4.79 Å². The van der Waals surface area contributed by atoms with Crippen LogP contribution in [0.15, 0.2) is 48.5 Å². The molecule has 2 N–H and O–H groups in total. The lowest BCUT2D eigenvalue weighted by Gasteiger charge is -2.16. The predicted octanol–water partition coefficient (Wildman–Crippen LogP) is 2.89. The molecular weight excluding hydrogens is 268 g/mol. The Morgan fingerprint density at radius 1 is 1.20 bits per heavy atom. The van der Waals surface area contributed by atoms with Crippen LogP contribution in [0.2, 0.25) is 0 Å². The lowest BCUT2D eigenvalue weighted by Crippen LogP contribution is -2.15. The lowest BCUT2D eigenvalue weighted by molar-refractivity contribution is -0.115. The maximum atomic E-state index is 11.0. The summed E-state index contributed by atoms with van der Waals surface area (Å²) in [7, 11) is 0. The fraction of sp³-hybridized carbons (Fsp3) is 0.250. The van der Waals surface area contributed by atoms with E-state index >= 15 is 0 Å². The van der Waals surface area contributed by atoms with Crippen LogP contribution in [0.1, 0.15) is 22.2 Å². The Labute approximate surface area is 123 Å². The molecule has 0 spiro atoms. The quantitative estimate of drug-likeness (QED) is 0.888. The number of hydrogen-bond donors (Lipinski definition) is 1. The first-order valence-electron chi connectivity index (χ1n) is 6.52. The fourth-order valence-corrected chi connectivity index (χ4v) is 3.03. The number of nitrogens with zero attached hydrogens (tertiary/aromatic N) is 1. The van der Waals surface area contributed by atoms with Crippen molar-refractivity contribution in [2.24, 2.45) is 5.73 Å². The molecule has 4 heteroatoms. The third-order valence-electron chi connectivity index (χ3n) is 2.94. The minimum absolute atomic E-state index is 0.193. The first-order valence-corrected chi connectivity index (χ1v) is 7.57. The molecule has 0 fully saturated rings. The molecule has 0 bridgehead atoms. The van der Waals surface area contributed by atoms with E-state index in [0.29, 0.717) is 5.75 Å². The van der Waals surface area contributed by atoms with Crippen LogP contribution in [-0.2, 0) is 11.2 Å². The Kier molecular flexibility index (Phi) is 5.18. The zero-order valence-corrected chi connectivity index (χ0v) is 12.3. The molecule has 1 aromatic heterocycles. The number of primary amides is 1. The van der Waals surface area contributed by atoms with Gasteiger partial charge in [-0.2, -0.15) is 0 Å². The Hall–Kier alpha value is -1.81. The zero-order chi connectivity index (χ0) is 14.4. The number of pyridine rings is 1. The molecule has 1 atom stereocenters. The van der Waals surface area contributed by atoms with Gasteiger partial charge in [-0.3, -0.25) is 9.78 Å². The molecule has 1 unspecified atom stereocenters. The van der Waals surface area contributed by atoms with Crippen LogP contribution in [0.5, 0.6) is 0 Å². The van der Waals surface area contributed by atoms with Crippen molar-refractivity contribution in [2.45, 2.75) is 18.6 Å². The zero-order valence-electron chi connectivity index (χ0n) is 11.5. The summed E-state index contributed by atoms with van der Waals surface area (Å²) in [4.78, 5) is 15.6. The molecule has 1 amide bonds. The second kappa shape index (κ2) is 7.10. The summed E-state index contributed by atoms with van der Waals surface area (Å²) >= 11 is 1.57. The van der Waals surface area contributed by atoms with Gasteiger partial charge < -0.3 is 5.73 Å². The molecule has 104 valence electrons. The normalized spacial score (nSPS) is 12.1. The molecule has 0 saturated heterocycles. The number of amides is 1. The van der Waals surface area contributed by atoms with Crippen molar-refractivity contribution in [1.82, 2.24) is 4.98 Å². The molecule has 0 saturated carbocycles. The third-order valence-corrected chi connectivity index (χ3v) is 4.23. The molecule has 0 aliphatic rings. The van der Waals surface area contributed by atoms with E-state index in [0.717, 1.165) is 17.8 Å². The van der Waals surface area contributed by atoms with E-state index < -0.39 is 0 Å². The van der Waals surface area contributed by atoms with Gasteiger partial charge in [0.1, 0.15) is 0 Å². The maximum absolute atomic E-state index is 11.0. The highest BCUT2D eigenvalue weighted by atomic mass is 32.2. The number of aromatic nitrogens is 1. The molecular formula is C16H18N2OS. The van der Waals surface area contributed by atoms with Gasteiger partial charge in [0.25, 0.3) is 0 Å². The maximum Gasteiger partial charge on any atom is 0.227 e. The van der Waals surface area contributed by atoms with E-state index in [1.165, 1.54) is 5.56 Å². The van der Waals surface area contributed by atoms with Crippen LogP contribution < -0.4 is 5.73 Å². The van der Waals surface area contributed by atoms with Crippen molar-refractivity contribution in [3.63, 3.8) is 0 Å². The summed E-state index contributed by atoms with van der Waals surface area (Å²) in [6, 6.07) is 16.2. The van der Waals surface area contributed by atoms with Gasteiger partial charge in [-0.1, -0.05) is 36.4 Å². The number of carbonyl (C=O) groups is 1. The van der Waals surface area contributed by atoms with Crippen LogP contribution in [0, 0.1) is 6.92 Å². The summed E-state index contributed by atoms with van der Waals surface area (Å²) in [5, 5.41) is 0.193. The van der Waals surface area contributed by atoms with Gasteiger partial charge in [-0.05, 0) is 24.6 Å². The monoisotopic (exact) mass is 286 g/mol. The second-order valence-corrected chi connectivity index (χ2v) is 5.84. The smallest absolute Gasteiger partial charge is 0.227 e. The molecule has 1 heterocycles. The van der Waals surface area contributed by atoms with Crippen LogP contribution in [0.4, 0.5) is 0 Å². The first kappa shape index (κ1) is 14.6. The van der Waals surface area contributed by atoms with Crippen LogP contribution in [0.3, 0.4) is 0 Å². The number of rotatable bonds is 6. The van der Waals surface area contributed by atoms with E-state index in [2.05, 4.69) is 17.1 Å². The van der Waals surface area contributed by atoms with Crippen molar-refractivity contribution in [3.8, 4) is 0 Å². The molecule has 20 heavy (non-hydrogen) atoms. The van der Waals surface area contributed by atoms with E-state index in [-0.39, 0.29) is 11.2 Å². The standard InChI is InChI=1S/C16H18N2OS/c1-12-6-5-9-14(18-12)10-15(20-11-16(17)19)13-7-3-2-4-8-13/h2-9,15H,10-11H2,1H3,(H2,17,19). The third kappa shape index (κ3) is 4.38. The Balaban J connectivity index is 2.16. The number of thioether (sulfide) groups is 1. The number of carbonyl (C=O) groups excluding carboxylic acids is 1. The number of benzene rings is 1. The summed E-state index contributed by atoms with van der Waals surface area (Å²) in [6.45, 7) is 1.98. The summed E-state index contributed by atoms with van der Waals surface area (Å²) in [5.41, 5.74) is 8.50. The van der Waals surface area contributed by atoms with Gasteiger partial charge in [0.15, 0.2) is 0 Å². The molecule has 2 rings (SSSR count). The van der Waals surface area contributed by atoms with Crippen molar-refractivity contribution in [3.05, 3.63) is 65.5 Å². The Morgan fingerprint density at radius 2 is 1.95 bits per heavy atom. The average Bonchev–Trinajstić information content (AvgIpc) is 2.44. The number of hydrogen-bond acceptors (Lipinski definition) is 3. The molecule has 3 nitrogen and oxygen atoms in total. The second-order valence-electron chi connectivity index (χ2n) is 4.65. The molecule has 0 aliphatic carbocycles. The van der Waals surface area contributed by atoms with Crippen molar-refractivity contribution >= 4 is 17.7 Å². The van der Waals surface area contributed by atoms with Gasteiger partial charge in [-0.25, -0.2) is 0 Å². The first-order chi connectivity index (χ1) is 9.65. The van der Waals surface area contributed by atoms with E-state index in [4.69, 9.17) is 5.73 Å². The molecule has 0 radical (unpaired) electrons. The summed E-state index contributed by atoms with van der Waals surface area (Å²) in [5.74, 6) is 0.0406. The fourth-order valence-electron chi connectivity index (χ4n) is 2.03. The largest absolute Gasteiger partial charge is 0.369 e. The van der Waals surface area contributed by atoms with Crippen molar-refractivity contribution in [1.29, 1.82) is 0 Å². The highest BCUT2D eigenvalue weighted by Gasteiger charge is 2.14. The van der Waals surface area contributed by atoms with E-state index in [1.807, 2.05) is 43.3 Å². The predicted molar refractivity (Wildman–Crippen MR) is 83.5 cm³/mol. The Morgan fingerprint density at radius 3 is 2.60 bits per heavy atom. The van der Waals surface area contributed by atoms with Crippen molar-refractivity contribution in [2.75, 3.05) is 5.75 Å². The minimum atomic E-state index is -0.284. The SMILES string of the molecule is Cc1cccc(CC(SCC(N)=O)c2ccccc2)n1. The van der Waals surface area contributed by atoms with Gasteiger partial charge in [0, 0.05) is 23.1 Å². The van der Waals surface area contributed by atoms with Crippen LogP contribution in [0.25, 0.3) is 0 Å². The van der Waals surface area contributed by atoms with Crippen LogP contribution >= 0.6 is 11.8 Å².